The van der Waals surface area contributed by atoms with Crippen LogP contribution in [0.25, 0.3) is 0 Å². The molecule has 1 saturated heterocycles. The molecule has 0 radical (unpaired) electrons. The van der Waals surface area contributed by atoms with Crippen molar-refractivity contribution in [3.63, 3.8) is 0 Å². The zero-order valence-corrected chi connectivity index (χ0v) is 11.9. The monoisotopic (exact) mass is 254 g/mol. The van der Waals surface area contributed by atoms with Crippen LogP contribution in [-0.2, 0) is 0 Å². The Kier molecular flexibility index (Phi) is 5.93. The molecule has 3 nitrogen and oxygen atoms in total. The van der Waals surface area contributed by atoms with Gasteiger partial charge in [0.2, 0.25) is 0 Å². The topological polar surface area (TPSA) is 35.5 Å². The van der Waals surface area contributed by atoms with E-state index in [1.165, 1.54) is 45.2 Å². The van der Waals surface area contributed by atoms with E-state index in [1.807, 2.05) is 0 Å². The van der Waals surface area contributed by atoms with Gasteiger partial charge in [0.15, 0.2) is 0 Å². The van der Waals surface area contributed by atoms with Gasteiger partial charge in [-0.2, -0.15) is 0 Å². The highest BCUT2D eigenvalue weighted by Crippen LogP contribution is 2.26. The second kappa shape index (κ2) is 7.46. The van der Waals surface area contributed by atoms with Crippen molar-refractivity contribution in [2.45, 2.75) is 64.0 Å². The van der Waals surface area contributed by atoms with Crippen LogP contribution in [0.4, 0.5) is 0 Å². The van der Waals surface area contributed by atoms with Crippen molar-refractivity contribution >= 4 is 0 Å². The molecule has 0 aromatic rings. The predicted octanol–water partition coefficient (Wildman–Crippen LogP) is 2.00. The van der Waals surface area contributed by atoms with E-state index < -0.39 is 0 Å². The molecule has 1 saturated carbocycles. The fraction of sp³-hybridized carbons (Fsp3) is 1.00. The summed E-state index contributed by atoms with van der Waals surface area (Å²) in [6.45, 7) is 6.85. The molecule has 0 spiro atoms. The number of aliphatic hydroxyl groups excluding tert-OH is 1. The van der Waals surface area contributed by atoms with E-state index in [-0.39, 0.29) is 6.10 Å². The van der Waals surface area contributed by atoms with Gasteiger partial charge in [0.05, 0.1) is 6.10 Å². The number of piperidine rings is 1. The highest BCUT2D eigenvalue weighted by atomic mass is 16.3. The fourth-order valence-electron chi connectivity index (χ4n) is 3.46. The van der Waals surface area contributed by atoms with E-state index in [9.17, 15) is 5.11 Å². The molecule has 0 aromatic heterocycles. The van der Waals surface area contributed by atoms with Crippen LogP contribution in [0.1, 0.15) is 51.9 Å². The molecule has 0 aromatic carbocycles. The molecule has 2 N–H and O–H groups in total. The third-order valence-electron chi connectivity index (χ3n) is 4.62. The number of nitrogens with one attached hydrogen (secondary N) is 1. The number of aliphatic hydroxyl groups is 1. The van der Waals surface area contributed by atoms with Gasteiger partial charge in [-0.1, -0.05) is 19.8 Å². The third-order valence-corrected chi connectivity index (χ3v) is 4.62. The minimum absolute atomic E-state index is 0.0402. The molecule has 1 heterocycles. The lowest BCUT2D eigenvalue weighted by atomic mass is 9.83. The summed E-state index contributed by atoms with van der Waals surface area (Å²) in [5.74, 6) is 0.834. The summed E-state index contributed by atoms with van der Waals surface area (Å²) in [5, 5.41) is 13.3. The van der Waals surface area contributed by atoms with Gasteiger partial charge in [-0.05, 0) is 44.6 Å². The van der Waals surface area contributed by atoms with Crippen LogP contribution >= 0.6 is 0 Å². The predicted molar refractivity (Wildman–Crippen MR) is 75.7 cm³/mol. The third kappa shape index (κ3) is 4.22. The van der Waals surface area contributed by atoms with Crippen LogP contribution in [0.5, 0.6) is 0 Å². The fourth-order valence-corrected chi connectivity index (χ4v) is 3.46. The van der Waals surface area contributed by atoms with E-state index in [2.05, 4.69) is 17.1 Å². The molecule has 106 valence electrons. The van der Waals surface area contributed by atoms with E-state index >= 15 is 0 Å². The van der Waals surface area contributed by atoms with Gasteiger partial charge >= 0.3 is 0 Å². The van der Waals surface area contributed by atoms with Crippen LogP contribution < -0.4 is 5.32 Å². The second-order valence-electron chi connectivity index (χ2n) is 6.14. The molecule has 3 heteroatoms. The smallest absolute Gasteiger partial charge is 0.0564 e. The van der Waals surface area contributed by atoms with Crippen LogP contribution in [0.2, 0.25) is 0 Å². The lowest BCUT2D eigenvalue weighted by Gasteiger charge is -2.38. The van der Waals surface area contributed by atoms with Gasteiger partial charge in [0.25, 0.3) is 0 Å². The zero-order chi connectivity index (χ0) is 12.8. The normalized spacial score (nSPS) is 31.7. The first-order chi connectivity index (χ1) is 8.79. The highest BCUT2D eigenvalue weighted by molar-refractivity contribution is 4.84. The maximum Gasteiger partial charge on any atom is 0.0564 e. The number of hydrogen-bond donors (Lipinski definition) is 2. The molecule has 2 unspecified atom stereocenters. The van der Waals surface area contributed by atoms with Crippen LogP contribution in [0.15, 0.2) is 0 Å². The second-order valence-corrected chi connectivity index (χ2v) is 6.14. The largest absolute Gasteiger partial charge is 0.393 e. The minimum Gasteiger partial charge on any atom is -0.393 e. The van der Waals surface area contributed by atoms with E-state index in [1.54, 1.807) is 0 Å². The summed E-state index contributed by atoms with van der Waals surface area (Å²) in [7, 11) is 0. The average Bonchev–Trinajstić information content (AvgIpc) is 2.40. The van der Waals surface area contributed by atoms with Crippen LogP contribution in [-0.4, -0.2) is 48.3 Å². The molecule has 2 rings (SSSR count). The summed E-state index contributed by atoms with van der Waals surface area (Å²) in [4.78, 5) is 2.57. The molecule has 0 bridgehead atoms. The van der Waals surface area contributed by atoms with E-state index in [0.717, 1.165) is 37.9 Å². The molecule has 2 fully saturated rings. The van der Waals surface area contributed by atoms with Crippen molar-refractivity contribution in [3.05, 3.63) is 0 Å². The van der Waals surface area contributed by atoms with Crippen molar-refractivity contribution in [2.24, 2.45) is 5.92 Å². The average molecular weight is 254 g/mol. The molecular formula is C15H30N2O. The lowest BCUT2D eigenvalue weighted by molar-refractivity contribution is 0.0660. The molecule has 2 atom stereocenters. The van der Waals surface area contributed by atoms with E-state index in [0.29, 0.717) is 0 Å². The van der Waals surface area contributed by atoms with Crippen molar-refractivity contribution in [1.29, 1.82) is 0 Å². The summed E-state index contributed by atoms with van der Waals surface area (Å²) in [5.41, 5.74) is 0. The van der Waals surface area contributed by atoms with Gasteiger partial charge < -0.3 is 15.3 Å². The van der Waals surface area contributed by atoms with E-state index in [4.69, 9.17) is 0 Å². The zero-order valence-electron chi connectivity index (χ0n) is 11.9. The lowest BCUT2D eigenvalue weighted by Crippen LogP contribution is -2.46. The van der Waals surface area contributed by atoms with Gasteiger partial charge in [-0.15, -0.1) is 0 Å². The Morgan fingerprint density at radius 3 is 2.56 bits per heavy atom. The summed E-state index contributed by atoms with van der Waals surface area (Å²) in [6, 6.07) is 0.741. The van der Waals surface area contributed by atoms with Crippen molar-refractivity contribution in [3.8, 4) is 0 Å². The molecule has 0 amide bonds. The molecular weight excluding hydrogens is 224 g/mol. The van der Waals surface area contributed by atoms with Crippen LogP contribution in [0, 0.1) is 5.92 Å². The first-order valence-electron chi connectivity index (χ1n) is 7.93. The first-order valence-corrected chi connectivity index (χ1v) is 7.93. The maximum absolute atomic E-state index is 9.56. The molecule has 18 heavy (non-hydrogen) atoms. The Morgan fingerprint density at radius 2 is 1.83 bits per heavy atom. The van der Waals surface area contributed by atoms with Gasteiger partial charge in [-0.3, -0.25) is 0 Å². The van der Waals surface area contributed by atoms with Crippen LogP contribution in [0.3, 0.4) is 0 Å². The minimum atomic E-state index is -0.0402. The summed E-state index contributed by atoms with van der Waals surface area (Å²) < 4.78 is 0. The quantitative estimate of drug-likeness (QED) is 0.788. The van der Waals surface area contributed by atoms with Crippen molar-refractivity contribution < 1.29 is 5.11 Å². The molecule has 1 aliphatic heterocycles. The Balaban J connectivity index is 1.77. The maximum atomic E-state index is 9.56. The Hall–Kier alpha value is -0.120. The number of nitrogens with zero attached hydrogens (tertiary/aromatic N) is 1. The standard InChI is InChI=1S/C15H30N2O/c1-2-9-16-15-6-4-3-5-13(15)12-17-10-7-14(18)8-11-17/h13-16,18H,2-12H2,1H3. The number of rotatable bonds is 5. The Morgan fingerprint density at radius 1 is 1.11 bits per heavy atom. The first kappa shape index (κ1) is 14.3. The van der Waals surface area contributed by atoms with Crippen molar-refractivity contribution in [1.82, 2.24) is 10.2 Å². The Bertz CT molecular complexity index is 227. The Labute approximate surface area is 112 Å². The highest BCUT2D eigenvalue weighted by Gasteiger charge is 2.27. The van der Waals surface area contributed by atoms with Gasteiger partial charge in [0.1, 0.15) is 0 Å². The summed E-state index contributed by atoms with van der Waals surface area (Å²) >= 11 is 0. The SMILES string of the molecule is CCCNC1CCCCC1CN1CCC(O)CC1. The van der Waals surface area contributed by atoms with Gasteiger partial charge in [-0.25, -0.2) is 0 Å². The van der Waals surface area contributed by atoms with Crippen molar-refractivity contribution in [2.75, 3.05) is 26.2 Å². The number of likely N-dealkylation sites (tertiary alicyclic amines) is 1. The molecule has 2 aliphatic rings. The van der Waals surface area contributed by atoms with Gasteiger partial charge in [0, 0.05) is 25.7 Å². The number of hydrogen-bond acceptors (Lipinski definition) is 3. The summed E-state index contributed by atoms with van der Waals surface area (Å²) in [6.07, 6.45) is 8.70. The molecule has 1 aliphatic carbocycles.